The molecule has 1 aliphatic heterocycles. The molecule has 2 heterocycles. The largest absolute Gasteiger partial charge is 0.344 e. The molecule has 0 aliphatic carbocycles. The maximum atomic E-state index is 8.36. The van der Waals surface area contributed by atoms with Gasteiger partial charge < -0.3 is 19.2 Å². The van der Waals surface area contributed by atoms with E-state index in [1.807, 2.05) is 16.8 Å². The fraction of sp³-hybridized carbons (Fsp3) is 0.250. The Bertz CT molecular complexity index is 857. The van der Waals surface area contributed by atoms with Crippen LogP contribution in [0, 0.1) is 10.1 Å². The third kappa shape index (κ3) is 4.93. The maximum absolute atomic E-state index is 8.36. The van der Waals surface area contributed by atoms with Crippen LogP contribution in [-0.4, -0.2) is 33.1 Å². The average Bonchev–Trinajstić information content (AvgIpc) is 3.22. The molecule has 3 aromatic rings. The smallest absolute Gasteiger partial charge is 0.291 e. The Kier molecular flexibility index (Phi) is 6.36. The van der Waals surface area contributed by atoms with Crippen molar-refractivity contribution in [1.82, 2.24) is 9.55 Å². The second kappa shape index (κ2) is 9.12. The summed E-state index contributed by atoms with van der Waals surface area (Å²) < 4.78 is 14.2. The van der Waals surface area contributed by atoms with Gasteiger partial charge in [0.1, 0.15) is 0 Å². The maximum Gasteiger partial charge on any atom is 0.291 e. The van der Waals surface area contributed by atoms with Crippen LogP contribution in [-0.2, 0) is 21.8 Å². The van der Waals surface area contributed by atoms with Crippen LogP contribution >= 0.6 is 0 Å². The first-order valence-corrected chi connectivity index (χ1v) is 8.82. The van der Waals surface area contributed by atoms with Crippen molar-refractivity contribution in [2.75, 3.05) is 13.2 Å². The number of imidazole rings is 1. The van der Waals surface area contributed by atoms with E-state index in [2.05, 4.69) is 53.5 Å². The highest BCUT2D eigenvalue weighted by Crippen LogP contribution is 2.34. The van der Waals surface area contributed by atoms with E-state index in [0.717, 1.165) is 12.0 Å². The summed E-state index contributed by atoms with van der Waals surface area (Å²) in [6, 6.07) is 18.8. The van der Waals surface area contributed by atoms with Crippen LogP contribution < -0.4 is 0 Å². The molecule has 0 bridgehead atoms. The zero-order valence-electron chi connectivity index (χ0n) is 15.2. The summed E-state index contributed by atoms with van der Waals surface area (Å²) in [4.78, 5) is 12.5. The van der Waals surface area contributed by atoms with E-state index >= 15 is 0 Å². The van der Waals surface area contributed by atoms with Crippen LogP contribution in [0.1, 0.15) is 12.0 Å². The van der Waals surface area contributed by atoms with Gasteiger partial charge in [-0.3, -0.25) is 0 Å². The van der Waals surface area contributed by atoms with Crippen molar-refractivity contribution in [2.45, 2.75) is 18.8 Å². The molecule has 1 aromatic heterocycles. The van der Waals surface area contributed by atoms with Gasteiger partial charge in [-0.1, -0.05) is 54.6 Å². The van der Waals surface area contributed by atoms with Crippen molar-refractivity contribution < 1.29 is 19.8 Å². The summed E-state index contributed by atoms with van der Waals surface area (Å²) >= 11 is 0. The molecule has 2 aromatic carbocycles. The third-order valence-electron chi connectivity index (χ3n) is 4.34. The quantitative estimate of drug-likeness (QED) is 0.547. The lowest BCUT2D eigenvalue weighted by atomic mass is 9.99. The Morgan fingerprint density at radius 2 is 1.68 bits per heavy atom. The minimum Gasteiger partial charge on any atom is -0.344 e. The Balaban J connectivity index is 0.000000516. The number of hydrogen-bond donors (Lipinski definition) is 1. The number of hydrogen-bond acceptors (Lipinski definition) is 5. The minimum absolute atomic E-state index is 0.595. The van der Waals surface area contributed by atoms with E-state index in [-0.39, 0.29) is 0 Å². The number of benzene rings is 2. The molecule has 1 saturated heterocycles. The topological polar surface area (TPSA) is 99.7 Å². The van der Waals surface area contributed by atoms with E-state index in [4.69, 9.17) is 24.8 Å². The summed E-state index contributed by atoms with van der Waals surface area (Å²) in [5, 5.41) is 13.6. The van der Waals surface area contributed by atoms with Crippen molar-refractivity contribution >= 4 is 0 Å². The highest BCUT2D eigenvalue weighted by molar-refractivity contribution is 5.63. The monoisotopic (exact) mass is 383 g/mol. The molecule has 1 N–H and O–H groups in total. The van der Waals surface area contributed by atoms with Crippen molar-refractivity contribution in [1.29, 1.82) is 0 Å². The van der Waals surface area contributed by atoms with Crippen LogP contribution in [0.2, 0.25) is 0 Å². The molecule has 0 atom stereocenters. The second-order valence-corrected chi connectivity index (χ2v) is 6.22. The molecule has 4 rings (SSSR count). The van der Waals surface area contributed by atoms with Gasteiger partial charge in [-0.05, 0) is 17.5 Å². The van der Waals surface area contributed by atoms with Crippen molar-refractivity contribution in [2.24, 2.45) is 0 Å². The molecule has 0 saturated carbocycles. The Morgan fingerprint density at radius 3 is 2.25 bits per heavy atom. The summed E-state index contributed by atoms with van der Waals surface area (Å²) in [7, 11) is 0. The average molecular weight is 383 g/mol. The second-order valence-electron chi connectivity index (χ2n) is 6.22. The van der Waals surface area contributed by atoms with E-state index in [0.29, 0.717) is 19.8 Å². The zero-order valence-corrected chi connectivity index (χ0v) is 15.2. The van der Waals surface area contributed by atoms with Crippen LogP contribution in [0.15, 0.2) is 73.3 Å². The van der Waals surface area contributed by atoms with Crippen LogP contribution in [0.5, 0.6) is 0 Å². The molecule has 8 nitrogen and oxygen atoms in total. The van der Waals surface area contributed by atoms with Crippen LogP contribution in [0.3, 0.4) is 0 Å². The van der Waals surface area contributed by atoms with Crippen LogP contribution in [0.25, 0.3) is 11.1 Å². The number of aromatic nitrogens is 2. The summed E-state index contributed by atoms with van der Waals surface area (Å²) in [6.45, 7) is 2.00. The van der Waals surface area contributed by atoms with Crippen LogP contribution in [0.4, 0.5) is 0 Å². The van der Waals surface area contributed by atoms with Crippen molar-refractivity contribution in [3.8, 4) is 11.1 Å². The third-order valence-corrected chi connectivity index (χ3v) is 4.34. The van der Waals surface area contributed by atoms with Gasteiger partial charge in [0.25, 0.3) is 5.09 Å². The molecule has 0 unspecified atom stereocenters. The highest BCUT2D eigenvalue weighted by Gasteiger charge is 2.37. The van der Waals surface area contributed by atoms with Gasteiger partial charge in [0.15, 0.2) is 0 Å². The summed E-state index contributed by atoms with van der Waals surface area (Å²) in [6.07, 6.45) is 6.42. The molecular weight excluding hydrogens is 362 g/mol. The molecule has 146 valence electrons. The van der Waals surface area contributed by atoms with Gasteiger partial charge in [0.05, 0.1) is 26.1 Å². The molecule has 0 amide bonds. The number of ether oxygens (including phenoxy) is 2. The molecular formula is C20H21N3O5. The Morgan fingerprint density at radius 1 is 1.07 bits per heavy atom. The van der Waals surface area contributed by atoms with Gasteiger partial charge in [-0.25, -0.2) is 4.98 Å². The van der Waals surface area contributed by atoms with Crippen molar-refractivity contribution in [3.63, 3.8) is 0 Å². The molecule has 0 spiro atoms. The van der Waals surface area contributed by atoms with Gasteiger partial charge >= 0.3 is 0 Å². The predicted molar refractivity (Wildman–Crippen MR) is 101 cm³/mol. The fourth-order valence-electron chi connectivity index (χ4n) is 3.09. The molecule has 8 heteroatoms. The van der Waals surface area contributed by atoms with E-state index in [1.165, 1.54) is 11.1 Å². The van der Waals surface area contributed by atoms with E-state index in [1.54, 1.807) is 12.5 Å². The molecule has 28 heavy (non-hydrogen) atoms. The Labute approximate surface area is 162 Å². The minimum atomic E-state index is -1.50. The van der Waals surface area contributed by atoms with Gasteiger partial charge in [-0.2, -0.15) is 0 Å². The van der Waals surface area contributed by atoms with Gasteiger partial charge in [-0.15, -0.1) is 10.1 Å². The Hall–Kier alpha value is -3.23. The molecule has 1 aliphatic rings. The summed E-state index contributed by atoms with van der Waals surface area (Å²) in [5.74, 6) is -0.742. The predicted octanol–water partition coefficient (Wildman–Crippen LogP) is 3.49. The number of rotatable bonds is 4. The SMILES string of the molecule is O=[N+]([O-])O.c1ccc(-c2ccc(C3(Cn4ccnc4)OCCCO3)cc2)cc1. The van der Waals surface area contributed by atoms with E-state index in [9.17, 15) is 0 Å². The summed E-state index contributed by atoms with van der Waals surface area (Å²) in [5.41, 5.74) is 3.43. The fourth-order valence-corrected chi connectivity index (χ4v) is 3.09. The van der Waals surface area contributed by atoms with Gasteiger partial charge in [0.2, 0.25) is 5.79 Å². The van der Waals surface area contributed by atoms with Crippen molar-refractivity contribution in [3.05, 3.63) is 89.0 Å². The first-order chi connectivity index (χ1) is 13.6. The van der Waals surface area contributed by atoms with Gasteiger partial charge in [0, 0.05) is 18.0 Å². The first kappa shape index (κ1) is 19.5. The first-order valence-electron chi connectivity index (χ1n) is 8.82. The zero-order chi connectivity index (χ0) is 19.8. The molecule has 1 fully saturated rings. The molecule has 0 radical (unpaired) electrons. The lowest BCUT2D eigenvalue weighted by Gasteiger charge is -2.37. The lowest BCUT2D eigenvalue weighted by molar-refractivity contribution is -0.742. The lowest BCUT2D eigenvalue weighted by Crippen LogP contribution is -2.41. The standard InChI is InChI=1S/C20H20N2O2.HNO3/c1-2-5-17(6-3-1)18-7-9-19(10-8-18)20(23-13-4-14-24-20)15-22-12-11-21-16-22;2-1(3)4/h1-3,5-12,16H,4,13-15H2;(H,2,3,4). The van der Waals surface area contributed by atoms with E-state index < -0.39 is 10.9 Å². The normalized spacial score (nSPS) is 15.3. The number of nitrogens with zero attached hydrogens (tertiary/aromatic N) is 3. The highest BCUT2D eigenvalue weighted by atomic mass is 16.9.